The van der Waals surface area contributed by atoms with Crippen LogP contribution in [0.4, 0.5) is 0 Å². The molecule has 0 aliphatic carbocycles. The fourth-order valence-electron chi connectivity index (χ4n) is 12.2. The van der Waals surface area contributed by atoms with Crippen LogP contribution < -0.4 is 0 Å². The molecule has 0 saturated carbocycles. The van der Waals surface area contributed by atoms with E-state index in [1.807, 2.05) is 0 Å². The lowest BCUT2D eigenvalue weighted by atomic mass is 9.83. The van der Waals surface area contributed by atoms with Crippen molar-refractivity contribution in [2.75, 3.05) is 0 Å². The van der Waals surface area contributed by atoms with Gasteiger partial charge in [0.15, 0.2) is 0 Å². The topological polar surface area (TPSA) is 9.86 Å². The molecule has 72 heavy (non-hydrogen) atoms. The summed E-state index contributed by atoms with van der Waals surface area (Å²) < 4.78 is 4.89. The number of fused-ring (bicyclic) bond motifs is 10. The fraction of sp³-hybridized carbons (Fsp3) is 0. The highest BCUT2D eigenvalue weighted by molar-refractivity contribution is 6.23. The highest BCUT2D eigenvalue weighted by Gasteiger charge is 2.21. The van der Waals surface area contributed by atoms with Crippen molar-refractivity contribution < 1.29 is 0 Å². The Kier molecular flexibility index (Phi) is 8.99. The maximum Gasteiger partial charge on any atom is 0.0541 e. The molecular formula is C70H44N2. The largest absolute Gasteiger partial charge is 0.309 e. The Balaban J connectivity index is 0.961. The van der Waals surface area contributed by atoms with Crippen molar-refractivity contribution >= 4 is 86.7 Å². The van der Waals surface area contributed by atoms with E-state index in [0.717, 1.165) is 0 Å². The molecule has 15 rings (SSSR count). The van der Waals surface area contributed by atoms with Crippen molar-refractivity contribution in [3.8, 4) is 55.9 Å². The lowest BCUT2D eigenvalue weighted by molar-refractivity contribution is 1.20. The SMILES string of the molecule is c1ccc(-c2c3ccc(-c4cccc5c(-n6c7ccccc7c7ccccc76)cccc45)cc3c(-c3ccccc3)c3ccc(-c4cccc5c(-n6c7ccccc7c7ccccc76)cccc45)cc23)cc1. The second-order valence-corrected chi connectivity index (χ2v) is 19.1. The van der Waals surface area contributed by atoms with Gasteiger partial charge in [0.25, 0.3) is 0 Å². The second-order valence-electron chi connectivity index (χ2n) is 19.1. The standard InChI is InChI=1S/C70H44N2/c1-3-19-45(20-4-1)69-59-41-39-48(50-28-16-32-54-52(50)30-18-38-68(54)72-65-35-13-9-25-57(65)58-26-10-14-36-66(58)72)44-62(59)70(46-21-5-2-6-22-46)60-42-40-47(43-61(60)69)49-27-15-31-53-51(49)29-17-37-67(53)71-63-33-11-7-23-55(63)56-24-8-12-34-64(56)71/h1-44H. The maximum atomic E-state index is 2.46. The van der Waals surface area contributed by atoms with Gasteiger partial charge in [-0.25, -0.2) is 0 Å². The molecular weight excluding hydrogens is 869 g/mol. The quantitative estimate of drug-likeness (QED) is 0.147. The monoisotopic (exact) mass is 912 g/mol. The molecule has 13 aromatic carbocycles. The molecule has 0 atom stereocenters. The zero-order valence-corrected chi connectivity index (χ0v) is 39.3. The first-order valence-corrected chi connectivity index (χ1v) is 24.9. The van der Waals surface area contributed by atoms with Gasteiger partial charge in [-0.2, -0.15) is 0 Å². The summed E-state index contributed by atoms with van der Waals surface area (Å²) in [6.45, 7) is 0. The van der Waals surface area contributed by atoms with E-state index in [4.69, 9.17) is 0 Å². The van der Waals surface area contributed by atoms with Crippen LogP contribution >= 0.6 is 0 Å². The van der Waals surface area contributed by atoms with E-state index in [0.29, 0.717) is 0 Å². The Hall–Kier alpha value is -9.50. The molecule has 2 nitrogen and oxygen atoms in total. The number of benzene rings is 13. The number of para-hydroxylation sites is 4. The fourth-order valence-corrected chi connectivity index (χ4v) is 12.2. The summed E-state index contributed by atoms with van der Waals surface area (Å²) in [4.78, 5) is 0. The first-order valence-electron chi connectivity index (χ1n) is 24.9. The predicted molar refractivity (Wildman–Crippen MR) is 307 cm³/mol. The van der Waals surface area contributed by atoms with Gasteiger partial charge < -0.3 is 9.13 Å². The molecule has 0 saturated heterocycles. The average molecular weight is 913 g/mol. The second kappa shape index (κ2) is 16.0. The van der Waals surface area contributed by atoms with Gasteiger partial charge in [-0.15, -0.1) is 0 Å². The predicted octanol–water partition coefficient (Wildman–Crippen LogP) is 19.2. The van der Waals surface area contributed by atoms with E-state index in [1.54, 1.807) is 0 Å². The molecule has 0 aliphatic heterocycles. The van der Waals surface area contributed by atoms with Crippen LogP contribution in [-0.4, -0.2) is 9.13 Å². The third-order valence-corrected chi connectivity index (χ3v) is 15.3. The molecule has 2 aromatic heterocycles. The molecule has 334 valence electrons. The molecule has 0 aliphatic rings. The summed E-state index contributed by atoms with van der Waals surface area (Å²) in [5.74, 6) is 0. The average Bonchev–Trinajstić information content (AvgIpc) is 3.97. The number of aromatic nitrogens is 2. The van der Waals surface area contributed by atoms with E-state index < -0.39 is 0 Å². The third kappa shape index (κ3) is 6.03. The highest BCUT2D eigenvalue weighted by atomic mass is 15.0. The minimum Gasteiger partial charge on any atom is -0.309 e. The number of hydrogen-bond acceptors (Lipinski definition) is 0. The van der Waals surface area contributed by atoms with Gasteiger partial charge in [0.05, 0.1) is 33.4 Å². The lowest BCUT2D eigenvalue weighted by Gasteiger charge is -2.20. The van der Waals surface area contributed by atoms with Gasteiger partial charge in [0, 0.05) is 32.3 Å². The van der Waals surface area contributed by atoms with Crippen LogP contribution in [0.2, 0.25) is 0 Å². The smallest absolute Gasteiger partial charge is 0.0541 e. The van der Waals surface area contributed by atoms with E-state index in [1.165, 1.54) is 143 Å². The molecule has 0 amide bonds. The van der Waals surface area contributed by atoms with Crippen LogP contribution in [-0.2, 0) is 0 Å². The molecule has 0 fully saturated rings. The van der Waals surface area contributed by atoms with Crippen LogP contribution in [0, 0.1) is 0 Å². The molecule has 0 spiro atoms. The van der Waals surface area contributed by atoms with Crippen molar-refractivity contribution in [2.45, 2.75) is 0 Å². The zero-order chi connectivity index (χ0) is 47.3. The molecule has 0 radical (unpaired) electrons. The van der Waals surface area contributed by atoms with Crippen molar-refractivity contribution in [2.24, 2.45) is 0 Å². The first kappa shape index (κ1) is 40.4. The van der Waals surface area contributed by atoms with Crippen LogP contribution in [0.15, 0.2) is 267 Å². The summed E-state index contributed by atoms with van der Waals surface area (Å²) in [6.07, 6.45) is 0. The van der Waals surface area contributed by atoms with Gasteiger partial charge in [-0.1, -0.05) is 218 Å². The van der Waals surface area contributed by atoms with E-state index in [9.17, 15) is 0 Å². The van der Waals surface area contributed by atoms with Crippen molar-refractivity contribution in [1.82, 2.24) is 9.13 Å². The highest BCUT2D eigenvalue weighted by Crippen LogP contribution is 2.48. The van der Waals surface area contributed by atoms with Crippen molar-refractivity contribution in [1.29, 1.82) is 0 Å². The normalized spacial score (nSPS) is 11.9. The van der Waals surface area contributed by atoms with E-state index in [-0.39, 0.29) is 0 Å². The summed E-state index contributed by atoms with van der Waals surface area (Å²) >= 11 is 0. The number of rotatable bonds is 6. The molecule has 0 bridgehead atoms. The Labute approximate surface area is 416 Å². The molecule has 15 aromatic rings. The molecule has 0 N–H and O–H groups in total. The van der Waals surface area contributed by atoms with E-state index >= 15 is 0 Å². The van der Waals surface area contributed by atoms with Crippen LogP contribution in [0.25, 0.3) is 143 Å². The van der Waals surface area contributed by atoms with Gasteiger partial charge in [-0.05, 0) is 125 Å². The minimum atomic E-state index is 1.18. The number of nitrogens with zero attached hydrogens (tertiary/aromatic N) is 2. The first-order chi connectivity index (χ1) is 35.8. The maximum absolute atomic E-state index is 2.46. The van der Waals surface area contributed by atoms with Gasteiger partial charge in [0.1, 0.15) is 0 Å². The van der Waals surface area contributed by atoms with Crippen LogP contribution in [0.5, 0.6) is 0 Å². The van der Waals surface area contributed by atoms with Gasteiger partial charge in [-0.3, -0.25) is 0 Å². The summed E-state index contributed by atoms with van der Waals surface area (Å²) in [5.41, 5.74) is 16.9. The Morgan fingerprint density at radius 3 is 0.889 bits per heavy atom. The lowest BCUT2D eigenvalue weighted by Crippen LogP contribution is -1.96. The van der Waals surface area contributed by atoms with E-state index in [2.05, 4.69) is 276 Å². The molecule has 2 heteroatoms. The van der Waals surface area contributed by atoms with Gasteiger partial charge in [0.2, 0.25) is 0 Å². The van der Waals surface area contributed by atoms with Crippen molar-refractivity contribution in [3.05, 3.63) is 267 Å². The Morgan fingerprint density at radius 1 is 0.181 bits per heavy atom. The molecule has 2 heterocycles. The number of hydrogen-bond donors (Lipinski definition) is 0. The van der Waals surface area contributed by atoms with Crippen LogP contribution in [0.3, 0.4) is 0 Å². The zero-order valence-electron chi connectivity index (χ0n) is 39.3. The van der Waals surface area contributed by atoms with Crippen molar-refractivity contribution in [3.63, 3.8) is 0 Å². The Bertz CT molecular complexity index is 4260. The van der Waals surface area contributed by atoms with Crippen LogP contribution in [0.1, 0.15) is 0 Å². The molecule has 0 unspecified atom stereocenters. The summed E-state index contributed by atoms with van der Waals surface area (Å²) in [7, 11) is 0. The minimum absolute atomic E-state index is 1.18. The Morgan fingerprint density at radius 2 is 0.500 bits per heavy atom. The summed E-state index contributed by atoms with van der Waals surface area (Å²) in [5, 5.41) is 14.9. The third-order valence-electron chi connectivity index (χ3n) is 15.3. The summed E-state index contributed by atoms with van der Waals surface area (Å²) in [6, 6.07) is 98.7. The van der Waals surface area contributed by atoms with Gasteiger partial charge >= 0.3 is 0 Å².